The maximum Gasteiger partial charge on any atom is 0.306 e. The number of amides is 1. The van der Waals surface area contributed by atoms with Crippen LogP contribution in [-0.2, 0) is 16.0 Å². The third-order valence-corrected chi connectivity index (χ3v) is 5.05. The number of aliphatic carboxylic acids is 1. The SMILES string of the molecule is CCC(Cc1ccccc1)N(C)C(=O)C1CCCC(C(=O)O)C1. The van der Waals surface area contributed by atoms with Crippen molar-refractivity contribution < 1.29 is 14.7 Å². The van der Waals surface area contributed by atoms with Gasteiger partial charge in [-0.2, -0.15) is 0 Å². The van der Waals surface area contributed by atoms with E-state index < -0.39 is 5.97 Å². The van der Waals surface area contributed by atoms with Crippen LogP contribution in [0.2, 0.25) is 0 Å². The molecule has 1 aromatic carbocycles. The van der Waals surface area contributed by atoms with Gasteiger partial charge in [0.05, 0.1) is 5.92 Å². The van der Waals surface area contributed by atoms with Gasteiger partial charge in [0.25, 0.3) is 0 Å². The van der Waals surface area contributed by atoms with Gasteiger partial charge in [-0.05, 0) is 37.7 Å². The highest BCUT2D eigenvalue weighted by Crippen LogP contribution is 2.31. The third kappa shape index (κ3) is 4.57. The molecule has 0 bridgehead atoms. The molecule has 4 heteroatoms. The Kier molecular flexibility index (Phi) is 6.20. The second-order valence-corrected chi connectivity index (χ2v) is 6.60. The lowest BCUT2D eigenvalue weighted by Crippen LogP contribution is -2.43. The Morgan fingerprint density at radius 3 is 2.48 bits per heavy atom. The van der Waals surface area contributed by atoms with E-state index in [1.807, 2.05) is 30.1 Å². The zero-order valence-corrected chi connectivity index (χ0v) is 14.1. The van der Waals surface area contributed by atoms with Crippen molar-refractivity contribution in [3.05, 3.63) is 35.9 Å². The number of carboxylic acids is 1. The van der Waals surface area contributed by atoms with E-state index in [-0.39, 0.29) is 23.8 Å². The number of nitrogens with zero attached hydrogens (tertiary/aromatic N) is 1. The lowest BCUT2D eigenvalue weighted by molar-refractivity contribution is -0.145. The summed E-state index contributed by atoms with van der Waals surface area (Å²) in [5.74, 6) is -1.15. The monoisotopic (exact) mass is 317 g/mol. The minimum Gasteiger partial charge on any atom is -0.481 e. The van der Waals surface area contributed by atoms with Gasteiger partial charge in [0.2, 0.25) is 5.91 Å². The molecule has 0 saturated heterocycles. The van der Waals surface area contributed by atoms with Crippen molar-refractivity contribution in [3.63, 3.8) is 0 Å². The minimum atomic E-state index is -0.763. The van der Waals surface area contributed by atoms with E-state index in [2.05, 4.69) is 19.1 Å². The van der Waals surface area contributed by atoms with E-state index >= 15 is 0 Å². The zero-order chi connectivity index (χ0) is 16.8. The Morgan fingerprint density at radius 1 is 1.22 bits per heavy atom. The summed E-state index contributed by atoms with van der Waals surface area (Å²) in [5.41, 5.74) is 1.23. The smallest absolute Gasteiger partial charge is 0.306 e. The molecule has 0 heterocycles. The van der Waals surface area contributed by atoms with Gasteiger partial charge >= 0.3 is 5.97 Å². The molecular weight excluding hydrogens is 290 g/mol. The van der Waals surface area contributed by atoms with Crippen molar-refractivity contribution in [2.45, 2.75) is 51.5 Å². The Morgan fingerprint density at radius 2 is 1.87 bits per heavy atom. The largest absolute Gasteiger partial charge is 0.481 e. The summed E-state index contributed by atoms with van der Waals surface area (Å²) in [4.78, 5) is 25.8. The molecule has 1 aliphatic carbocycles. The Hall–Kier alpha value is -1.84. The van der Waals surface area contributed by atoms with E-state index in [1.165, 1.54) is 5.56 Å². The molecule has 3 atom stereocenters. The van der Waals surface area contributed by atoms with Crippen molar-refractivity contribution in [3.8, 4) is 0 Å². The van der Waals surface area contributed by atoms with Gasteiger partial charge in [-0.1, -0.05) is 43.7 Å². The number of carbonyl (C=O) groups excluding carboxylic acids is 1. The maximum absolute atomic E-state index is 12.8. The van der Waals surface area contributed by atoms with Gasteiger partial charge in [-0.25, -0.2) is 0 Å². The molecule has 1 aromatic rings. The number of carboxylic acid groups (broad SMARTS) is 1. The van der Waals surface area contributed by atoms with Gasteiger partial charge in [-0.15, -0.1) is 0 Å². The lowest BCUT2D eigenvalue weighted by atomic mass is 9.80. The number of benzene rings is 1. The van der Waals surface area contributed by atoms with Crippen molar-refractivity contribution >= 4 is 11.9 Å². The van der Waals surface area contributed by atoms with Crippen LogP contribution in [0.3, 0.4) is 0 Å². The van der Waals surface area contributed by atoms with Crippen molar-refractivity contribution in [1.82, 2.24) is 4.90 Å². The average Bonchev–Trinajstić information content (AvgIpc) is 2.59. The summed E-state index contributed by atoms with van der Waals surface area (Å²) in [6.45, 7) is 2.10. The number of hydrogen-bond donors (Lipinski definition) is 1. The number of likely N-dealkylation sites (N-methyl/N-ethyl adjacent to an activating group) is 1. The molecule has 23 heavy (non-hydrogen) atoms. The number of hydrogen-bond acceptors (Lipinski definition) is 2. The first-order valence-corrected chi connectivity index (χ1v) is 8.56. The molecule has 0 radical (unpaired) electrons. The van der Waals surface area contributed by atoms with Crippen LogP contribution >= 0.6 is 0 Å². The highest BCUT2D eigenvalue weighted by molar-refractivity contribution is 5.80. The first-order valence-electron chi connectivity index (χ1n) is 8.56. The van der Waals surface area contributed by atoms with E-state index in [0.29, 0.717) is 12.8 Å². The normalized spacial score (nSPS) is 22.3. The first-order chi connectivity index (χ1) is 11.0. The van der Waals surface area contributed by atoms with Crippen LogP contribution in [0, 0.1) is 11.8 Å². The molecule has 1 amide bonds. The molecule has 4 nitrogen and oxygen atoms in total. The van der Waals surface area contributed by atoms with Crippen molar-refractivity contribution in [2.24, 2.45) is 11.8 Å². The summed E-state index contributed by atoms with van der Waals surface area (Å²) in [6, 6.07) is 10.4. The Bertz CT molecular complexity index is 529. The average molecular weight is 317 g/mol. The summed E-state index contributed by atoms with van der Waals surface area (Å²) in [7, 11) is 1.86. The Labute approximate surface area is 138 Å². The predicted molar refractivity (Wildman–Crippen MR) is 90.1 cm³/mol. The number of rotatable bonds is 6. The van der Waals surface area contributed by atoms with Gasteiger partial charge in [0.15, 0.2) is 0 Å². The number of carbonyl (C=O) groups is 2. The molecule has 1 fully saturated rings. The fourth-order valence-electron chi connectivity index (χ4n) is 3.55. The van der Waals surface area contributed by atoms with Crippen LogP contribution in [0.25, 0.3) is 0 Å². The summed E-state index contributed by atoms with van der Waals surface area (Å²) >= 11 is 0. The first kappa shape index (κ1) is 17.5. The van der Waals surface area contributed by atoms with E-state index in [1.54, 1.807) is 0 Å². The molecule has 1 aliphatic rings. The summed E-state index contributed by atoms with van der Waals surface area (Å²) in [6.07, 6.45) is 4.57. The molecule has 1 N–H and O–H groups in total. The highest BCUT2D eigenvalue weighted by Gasteiger charge is 2.33. The fraction of sp³-hybridized carbons (Fsp3) is 0.579. The van der Waals surface area contributed by atoms with Crippen LogP contribution in [0.15, 0.2) is 30.3 Å². The molecule has 126 valence electrons. The topological polar surface area (TPSA) is 57.6 Å². The molecular formula is C19H27NO3. The molecule has 2 rings (SSSR count). The van der Waals surface area contributed by atoms with E-state index in [4.69, 9.17) is 0 Å². The quantitative estimate of drug-likeness (QED) is 0.875. The molecule has 0 aliphatic heterocycles. The van der Waals surface area contributed by atoms with Crippen LogP contribution in [-0.4, -0.2) is 35.0 Å². The standard InChI is InChI=1S/C19H27NO3/c1-3-17(12-14-8-5-4-6-9-14)20(2)18(21)15-10-7-11-16(13-15)19(22)23/h4-6,8-9,15-17H,3,7,10-13H2,1-2H3,(H,22,23). The van der Waals surface area contributed by atoms with Gasteiger partial charge in [0.1, 0.15) is 0 Å². The van der Waals surface area contributed by atoms with Crippen molar-refractivity contribution in [1.29, 1.82) is 0 Å². The van der Waals surface area contributed by atoms with Gasteiger partial charge in [0, 0.05) is 19.0 Å². The summed E-state index contributed by atoms with van der Waals surface area (Å²) < 4.78 is 0. The van der Waals surface area contributed by atoms with Gasteiger partial charge in [-0.3, -0.25) is 9.59 Å². The third-order valence-electron chi connectivity index (χ3n) is 5.05. The Balaban J connectivity index is 2.00. The fourth-order valence-corrected chi connectivity index (χ4v) is 3.55. The second kappa shape index (κ2) is 8.14. The van der Waals surface area contributed by atoms with E-state index in [9.17, 15) is 14.7 Å². The lowest BCUT2D eigenvalue weighted by Gasteiger charge is -2.33. The van der Waals surface area contributed by atoms with Crippen molar-refractivity contribution in [2.75, 3.05) is 7.05 Å². The summed E-state index contributed by atoms with van der Waals surface area (Å²) in [5, 5.41) is 9.20. The molecule has 1 saturated carbocycles. The molecule has 3 unspecified atom stereocenters. The van der Waals surface area contributed by atoms with Crippen LogP contribution in [0.1, 0.15) is 44.6 Å². The minimum absolute atomic E-state index is 0.110. The zero-order valence-electron chi connectivity index (χ0n) is 14.1. The second-order valence-electron chi connectivity index (χ2n) is 6.60. The van der Waals surface area contributed by atoms with Crippen LogP contribution in [0.5, 0.6) is 0 Å². The molecule has 0 aromatic heterocycles. The maximum atomic E-state index is 12.8. The van der Waals surface area contributed by atoms with E-state index in [0.717, 1.165) is 25.7 Å². The van der Waals surface area contributed by atoms with Crippen LogP contribution in [0.4, 0.5) is 0 Å². The highest BCUT2D eigenvalue weighted by atomic mass is 16.4. The van der Waals surface area contributed by atoms with Crippen LogP contribution < -0.4 is 0 Å². The predicted octanol–water partition coefficient (Wildman–Crippen LogP) is 3.36. The molecule has 0 spiro atoms. The van der Waals surface area contributed by atoms with Gasteiger partial charge < -0.3 is 10.0 Å².